The van der Waals surface area contributed by atoms with Gasteiger partial charge in [0.2, 0.25) is 0 Å². The summed E-state index contributed by atoms with van der Waals surface area (Å²) < 4.78 is 6.81. The number of methoxy groups -OCH3 is 1. The van der Waals surface area contributed by atoms with Crippen LogP contribution in [0.5, 0.6) is 0 Å². The zero-order valence-electron chi connectivity index (χ0n) is 10.8. The third kappa shape index (κ3) is 3.56. The molecule has 1 atom stereocenters. The molecule has 1 aromatic rings. The van der Waals surface area contributed by atoms with Crippen LogP contribution < -0.4 is 5.32 Å². The first-order valence-electron chi connectivity index (χ1n) is 6.05. The summed E-state index contributed by atoms with van der Waals surface area (Å²) in [6.07, 6.45) is 5.45. The minimum absolute atomic E-state index is 0.267. The van der Waals surface area contributed by atoms with E-state index >= 15 is 0 Å². The summed E-state index contributed by atoms with van der Waals surface area (Å²) in [5.74, 6) is -0.267. The zero-order chi connectivity index (χ0) is 12.7. The topological polar surface area (TPSA) is 56.1 Å². The minimum atomic E-state index is -0.422. The van der Waals surface area contributed by atoms with Crippen molar-refractivity contribution < 1.29 is 9.53 Å². The highest BCUT2D eigenvalue weighted by Crippen LogP contribution is 2.14. The zero-order valence-corrected chi connectivity index (χ0v) is 10.8. The molecule has 0 bridgehead atoms. The van der Waals surface area contributed by atoms with E-state index in [2.05, 4.69) is 24.1 Å². The second kappa shape index (κ2) is 7.06. The van der Waals surface area contributed by atoms with Crippen molar-refractivity contribution in [3.05, 3.63) is 18.2 Å². The Morgan fingerprint density at radius 1 is 1.53 bits per heavy atom. The average molecular weight is 239 g/mol. The highest BCUT2D eigenvalue weighted by Gasteiger charge is 2.23. The van der Waals surface area contributed by atoms with Gasteiger partial charge in [-0.2, -0.15) is 0 Å². The molecule has 0 aromatic carbocycles. The van der Waals surface area contributed by atoms with Crippen molar-refractivity contribution in [3.8, 4) is 0 Å². The molecule has 5 heteroatoms. The third-order valence-electron chi connectivity index (χ3n) is 2.54. The van der Waals surface area contributed by atoms with Gasteiger partial charge in [-0.05, 0) is 19.4 Å². The standard InChI is InChI=1S/C12H21N3O2/c1-4-6-14-11(12(16)17-3)10-8-13-9-15(10)7-5-2/h8-9,11,14H,4-7H2,1-3H3. The number of rotatable bonds is 7. The van der Waals surface area contributed by atoms with Crippen LogP contribution in [0.3, 0.4) is 0 Å². The van der Waals surface area contributed by atoms with Crippen LogP contribution in [0.25, 0.3) is 0 Å². The Hall–Kier alpha value is -1.36. The van der Waals surface area contributed by atoms with Crippen LogP contribution in [-0.2, 0) is 16.1 Å². The summed E-state index contributed by atoms with van der Waals surface area (Å²) in [5.41, 5.74) is 0.868. The molecule has 0 spiro atoms. The molecule has 0 aliphatic rings. The maximum Gasteiger partial charge on any atom is 0.329 e. The third-order valence-corrected chi connectivity index (χ3v) is 2.54. The first-order valence-corrected chi connectivity index (χ1v) is 6.05. The maximum atomic E-state index is 11.7. The monoisotopic (exact) mass is 239 g/mol. The van der Waals surface area contributed by atoms with E-state index in [0.29, 0.717) is 0 Å². The van der Waals surface area contributed by atoms with Gasteiger partial charge in [0.25, 0.3) is 0 Å². The lowest BCUT2D eigenvalue weighted by Gasteiger charge is -2.17. The quantitative estimate of drug-likeness (QED) is 0.733. The lowest BCUT2D eigenvalue weighted by molar-refractivity contribution is -0.143. The molecule has 1 unspecified atom stereocenters. The molecule has 5 nitrogen and oxygen atoms in total. The number of carbonyl (C=O) groups is 1. The van der Waals surface area contributed by atoms with Gasteiger partial charge in [0.1, 0.15) is 6.04 Å². The number of imidazole rings is 1. The van der Waals surface area contributed by atoms with Crippen molar-refractivity contribution >= 4 is 5.97 Å². The number of ether oxygens (including phenoxy) is 1. The van der Waals surface area contributed by atoms with E-state index in [-0.39, 0.29) is 5.97 Å². The number of hydrogen-bond acceptors (Lipinski definition) is 4. The Morgan fingerprint density at radius 3 is 2.88 bits per heavy atom. The van der Waals surface area contributed by atoms with Crippen molar-refractivity contribution in [2.24, 2.45) is 0 Å². The van der Waals surface area contributed by atoms with Gasteiger partial charge < -0.3 is 9.30 Å². The molecule has 1 N–H and O–H groups in total. The lowest BCUT2D eigenvalue weighted by atomic mass is 10.2. The number of aryl methyl sites for hydroxylation is 1. The molecule has 1 rings (SSSR count). The van der Waals surface area contributed by atoms with Crippen LogP contribution in [-0.4, -0.2) is 29.2 Å². The van der Waals surface area contributed by atoms with Gasteiger partial charge in [-0.15, -0.1) is 0 Å². The summed E-state index contributed by atoms with van der Waals surface area (Å²) in [6.45, 7) is 5.79. The van der Waals surface area contributed by atoms with Gasteiger partial charge in [-0.3, -0.25) is 5.32 Å². The number of aromatic nitrogens is 2. The fraction of sp³-hybridized carbons (Fsp3) is 0.667. The summed E-state index contributed by atoms with van der Waals surface area (Å²) in [5, 5.41) is 3.19. The maximum absolute atomic E-state index is 11.7. The summed E-state index contributed by atoms with van der Waals surface area (Å²) >= 11 is 0. The van der Waals surface area contributed by atoms with Crippen molar-refractivity contribution in [2.75, 3.05) is 13.7 Å². The normalized spacial score (nSPS) is 12.4. The number of nitrogens with zero attached hydrogens (tertiary/aromatic N) is 2. The van der Waals surface area contributed by atoms with Gasteiger partial charge in [0.05, 0.1) is 25.3 Å². The van der Waals surface area contributed by atoms with Gasteiger partial charge in [-0.1, -0.05) is 13.8 Å². The molecule has 1 aromatic heterocycles. The van der Waals surface area contributed by atoms with Crippen LogP contribution in [0.1, 0.15) is 38.4 Å². The summed E-state index contributed by atoms with van der Waals surface area (Å²) in [7, 11) is 1.41. The molecule has 17 heavy (non-hydrogen) atoms. The molecular weight excluding hydrogens is 218 g/mol. The lowest BCUT2D eigenvalue weighted by Crippen LogP contribution is -2.32. The van der Waals surface area contributed by atoms with E-state index in [0.717, 1.165) is 31.6 Å². The van der Waals surface area contributed by atoms with Gasteiger partial charge in [0.15, 0.2) is 0 Å². The van der Waals surface area contributed by atoms with Crippen LogP contribution in [0.2, 0.25) is 0 Å². The number of nitrogens with one attached hydrogen (secondary N) is 1. The molecule has 0 radical (unpaired) electrons. The molecule has 0 amide bonds. The van der Waals surface area contributed by atoms with Crippen molar-refractivity contribution in [1.29, 1.82) is 0 Å². The molecule has 0 fully saturated rings. The second-order valence-electron chi connectivity index (χ2n) is 3.92. The fourth-order valence-corrected chi connectivity index (χ4v) is 1.71. The molecule has 0 aliphatic carbocycles. The average Bonchev–Trinajstić information content (AvgIpc) is 2.78. The van der Waals surface area contributed by atoms with Crippen LogP contribution in [0, 0.1) is 0 Å². The molecule has 96 valence electrons. The Labute approximate surface area is 102 Å². The Bertz CT molecular complexity index is 349. The minimum Gasteiger partial charge on any atom is -0.468 e. The highest BCUT2D eigenvalue weighted by atomic mass is 16.5. The fourth-order valence-electron chi connectivity index (χ4n) is 1.71. The van der Waals surface area contributed by atoms with Crippen LogP contribution in [0.15, 0.2) is 12.5 Å². The first-order chi connectivity index (χ1) is 8.24. The van der Waals surface area contributed by atoms with E-state index in [1.165, 1.54) is 7.11 Å². The number of hydrogen-bond donors (Lipinski definition) is 1. The van der Waals surface area contributed by atoms with Crippen LogP contribution >= 0.6 is 0 Å². The van der Waals surface area contributed by atoms with Gasteiger partial charge in [0, 0.05) is 6.54 Å². The van der Waals surface area contributed by atoms with E-state index in [1.807, 2.05) is 4.57 Å². The smallest absolute Gasteiger partial charge is 0.329 e. The van der Waals surface area contributed by atoms with E-state index in [1.54, 1.807) is 12.5 Å². The largest absolute Gasteiger partial charge is 0.468 e. The Kier molecular flexibility index (Phi) is 5.69. The SMILES string of the molecule is CCCNC(C(=O)OC)c1cncn1CCC. The summed E-state index contributed by atoms with van der Waals surface area (Å²) in [4.78, 5) is 15.8. The number of esters is 1. The predicted molar refractivity (Wildman–Crippen MR) is 65.6 cm³/mol. The van der Waals surface area contributed by atoms with Crippen molar-refractivity contribution in [2.45, 2.75) is 39.3 Å². The van der Waals surface area contributed by atoms with Gasteiger partial charge in [-0.25, -0.2) is 9.78 Å². The van der Waals surface area contributed by atoms with E-state index in [9.17, 15) is 4.79 Å². The Morgan fingerprint density at radius 2 is 2.29 bits per heavy atom. The highest BCUT2D eigenvalue weighted by molar-refractivity contribution is 5.76. The van der Waals surface area contributed by atoms with Gasteiger partial charge >= 0.3 is 5.97 Å². The molecular formula is C12H21N3O2. The van der Waals surface area contributed by atoms with E-state index < -0.39 is 6.04 Å². The van der Waals surface area contributed by atoms with Crippen molar-refractivity contribution in [1.82, 2.24) is 14.9 Å². The molecule has 1 heterocycles. The Balaban J connectivity index is 2.86. The molecule has 0 saturated heterocycles. The first kappa shape index (κ1) is 13.7. The predicted octanol–water partition coefficient (Wildman–Crippen LogP) is 1.51. The second-order valence-corrected chi connectivity index (χ2v) is 3.92. The molecule has 0 saturated carbocycles. The number of carbonyl (C=O) groups excluding carboxylic acids is 1. The molecule has 0 aliphatic heterocycles. The van der Waals surface area contributed by atoms with Crippen molar-refractivity contribution in [3.63, 3.8) is 0 Å². The summed E-state index contributed by atoms with van der Waals surface area (Å²) in [6, 6.07) is -0.422. The van der Waals surface area contributed by atoms with E-state index in [4.69, 9.17) is 4.74 Å². The van der Waals surface area contributed by atoms with Crippen LogP contribution in [0.4, 0.5) is 0 Å².